The van der Waals surface area contributed by atoms with Gasteiger partial charge in [-0.25, -0.2) is 0 Å². The van der Waals surface area contributed by atoms with Crippen molar-refractivity contribution in [1.29, 1.82) is 0 Å². The molecule has 3 nitrogen and oxygen atoms in total. The van der Waals surface area contributed by atoms with Gasteiger partial charge in [0, 0.05) is 12.2 Å². The molecule has 2 aromatic carbocycles. The fraction of sp³-hybridized carbons (Fsp3) is 0.235. The van der Waals surface area contributed by atoms with Crippen LogP contribution in [0.3, 0.4) is 0 Å². The molecule has 0 bridgehead atoms. The van der Waals surface area contributed by atoms with Gasteiger partial charge in [0.25, 0.3) is 0 Å². The lowest BCUT2D eigenvalue weighted by atomic mass is 9.94. The Kier molecular flexibility index (Phi) is 4.39. The molecule has 0 radical (unpaired) electrons. The van der Waals surface area contributed by atoms with Gasteiger partial charge in [0.2, 0.25) is 5.91 Å². The largest absolute Gasteiger partial charge is 0.325 e. The van der Waals surface area contributed by atoms with Crippen molar-refractivity contribution in [3.8, 4) is 0 Å². The average molecular weight is 335 g/mol. The van der Waals surface area contributed by atoms with Crippen LogP contribution in [0.25, 0.3) is 0 Å². The zero-order valence-corrected chi connectivity index (χ0v) is 13.7. The van der Waals surface area contributed by atoms with Crippen molar-refractivity contribution in [2.24, 2.45) is 0 Å². The van der Waals surface area contributed by atoms with Crippen LogP contribution in [0.2, 0.25) is 10.0 Å². The van der Waals surface area contributed by atoms with Crippen molar-refractivity contribution in [2.45, 2.75) is 19.0 Å². The van der Waals surface area contributed by atoms with Gasteiger partial charge in [-0.2, -0.15) is 0 Å². The maximum absolute atomic E-state index is 12.6. The summed E-state index contributed by atoms with van der Waals surface area (Å²) in [6, 6.07) is 13.1. The van der Waals surface area contributed by atoms with Gasteiger partial charge in [-0.1, -0.05) is 47.5 Å². The zero-order chi connectivity index (χ0) is 15.7. The number of amides is 1. The van der Waals surface area contributed by atoms with Gasteiger partial charge in [-0.05, 0) is 42.8 Å². The van der Waals surface area contributed by atoms with Crippen LogP contribution in [0, 0.1) is 0 Å². The molecule has 1 unspecified atom stereocenters. The van der Waals surface area contributed by atoms with E-state index in [1.807, 2.05) is 19.2 Å². The molecule has 1 aliphatic rings. The molecule has 1 atom stereocenters. The third-order valence-corrected chi connectivity index (χ3v) is 4.71. The van der Waals surface area contributed by atoms with Gasteiger partial charge >= 0.3 is 0 Å². The Morgan fingerprint density at radius 3 is 2.59 bits per heavy atom. The van der Waals surface area contributed by atoms with Gasteiger partial charge in [-0.15, -0.1) is 0 Å². The van der Waals surface area contributed by atoms with Crippen molar-refractivity contribution < 1.29 is 4.79 Å². The Labute approximate surface area is 139 Å². The molecule has 3 rings (SSSR count). The number of halogens is 2. The first-order valence-electron chi connectivity index (χ1n) is 7.07. The molecule has 0 saturated carbocycles. The van der Waals surface area contributed by atoms with Gasteiger partial charge in [0.05, 0.1) is 16.1 Å². The van der Waals surface area contributed by atoms with E-state index in [0.717, 1.165) is 6.54 Å². The van der Waals surface area contributed by atoms with E-state index in [-0.39, 0.29) is 11.9 Å². The first kappa shape index (κ1) is 15.3. The highest BCUT2D eigenvalue weighted by Gasteiger charge is 2.28. The molecule has 0 aromatic heterocycles. The molecule has 114 valence electrons. The molecule has 0 spiro atoms. The summed E-state index contributed by atoms with van der Waals surface area (Å²) in [4.78, 5) is 14.6. The Hall–Kier alpha value is -1.55. The second-order valence-electron chi connectivity index (χ2n) is 5.52. The number of nitrogens with one attached hydrogen (secondary N) is 1. The Bertz CT molecular complexity index is 718. The number of hydrogen-bond donors (Lipinski definition) is 1. The maximum Gasteiger partial charge on any atom is 0.242 e. The summed E-state index contributed by atoms with van der Waals surface area (Å²) in [6.45, 7) is 0.773. The zero-order valence-electron chi connectivity index (χ0n) is 12.1. The lowest BCUT2D eigenvalue weighted by molar-refractivity contribution is -0.121. The fourth-order valence-electron chi connectivity index (χ4n) is 2.75. The number of anilines is 1. The van der Waals surface area contributed by atoms with Gasteiger partial charge in [0.1, 0.15) is 0 Å². The molecule has 5 heteroatoms. The molecule has 1 amide bonds. The topological polar surface area (TPSA) is 32.3 Å². The molecular weight excluding hydrogens is 319 g/mol. The lowest BCUT2D eigenvalue weighted by Gasteiger charge is -2.33. The second kappa shape index (κ2) is 6.29. The van der Waals surface area contributed by atoms with Crippen LogP contribution in [-0.2, 0) is 17.8 Å². The van der Waals surface area contributed by atoms with E-state index in [9.17, 15) is 4.79 Å². The van der Waals surface area contributed by atoms with Crippen molar-refractivity contribution in [2.75, 3.05) is 12.4 Å². The number of carbonyl (C=O) groups is 1. The predicted molar refractivity (Wildman–Crippen MR) is 90.5 cm³/mol. The van der Waals surface area contributed by atoms with E-state index < -0.39 is 0 Å². The highest BCUT2D eigenvalue weighted by Crippen LogP contribution is 2.26. The summed E-state index contributed by atoms with van der Waals surface area (Å²) >= 11 is 11.9. The quantitative estimate of drug-likeness (QED) is 0.900. The van der Waals surface area contributed by atoms with Crippen LogP contribution in [0.4, 0.5) is 5.69 Å². The number of rotatable bonds is 2. The predicted octanol–water partition coefficient (Wildman–Crippen LogP) is 3.99. The van der Waals surface area contributed by atoms with E-state index in [1.165, 1.54) is 11.1 Å². The van der Waals surface area contributed by atoms with Crippen LogP contribution in [0.5, 0.6) is 0 Å². The smallest absolute Gasteiger partial charge is 0.242 e. The summed E-state index contributed by atoms with van der Waals surface area (Å²) in [5.74, 6) is -0.0320. The molecule has 0 saturated heterocycles. The summed E-state index contributed by atoms with van der Waals surface area (Å²) < 4.78 is 0. The van der Waals surface area contributed by atoms with Crippen molar-refractivity contribution in [3.05, 3.63) is 63.6 Å². The van der Waals surface area contributed by atoms with Gasteiger partial charge in [0.15, 0.2) is 0 Å². The number of benzene rings is 2. The van der Waals surface area contributed by atoms with Crippen molar-refractivity contribution in [1.82, 2.24) is 4.90 Å². The summed E-state index contributed by atoms with van der Waals surface area (Å²) in [6.07, 6.45) is 0.708. The number of nitrogens with zero attached hydrogens (tertiary/aromatic N) is 1. The first-order valence-corrected chi connectivity index (χ1v) is 7.83. The minimum absolute atomic E-state index is 0.0320. The summed E-state index contributed by atoms with van der Waals surface area (Å²) in [5, 5.41) is 3.82. The van der Waals surface area contributed by atoms with Crippen molar-refractivity contribution >= 4 is 34.8 Å². The number of hydrogen-bond acceptors (Lipinski definition) is 2. The molecular formula is C17H16Cl2N2O. The maximum atomic E-state index is 12.6. The third kappa shape index (κ3) is 3.12. The standard InChI is InChI=1S/C17H16Cl2N2O/c1-21-10-12-5-3-2-4-11(12)8-16(21)17(22)20-13-6-7-14(18)15(19)9-13/h2-7,9,16H,8,10H2,1H3,(H,20,22). The molecule has 1 heterocycles. The van der Waals surface area contributed by atoms with E-state index >= 15 is 0 Å². The average Bonchev–Trinajstić information content (AvgIpc) is 2.50. The molecule has 0 fully saturated rings. The molecule has 1 N–H and O–H groups in total. The molecule has 1 aliphatic heterocycles. The van der Waals surface area contributed by atoms with Crippen LogP contribution in [0.15, 0.2) is 42.5 Å². The third-order valence-electron chi connectivity index (χ3n) is 3.97. The normalized spacial score (nSPS) is 17.9. The van der Waals surface area contributed by atoms with E-state index in [2.05, 4.69) is 22.3 Å². The van der Waals surface area contributed by atoms with Crippen LogP contribution in [-0.4, -0.2) is 23.9 Å². The van der Waals surface area contributed by atoms with Crippen LogP contribution < -0.4 is 5.32 Å². The van der Waals surface area contributed by atoms with E-state index in [4.69, 9.17) is 23.2 Å². The Balaban J connectivity index is 1.76. The molecule has 0 aliphatic carbocycles. The monoisotopic (exact) mass is 334 g/mol. The highest BCUT2D eigenvalue weighted by atomic mass is 35.5. The molecule has 22 heavy (non-hydrogen) atoms. The van der Waals surface area contributed by atoms with Crippen LogP contribution >= 0.6 is 23.2 Å². The Morgan fingerprint density at radius 1 is 1.14 bits per heavy atom. The van der Waals surface area contributed by atoms with Crippen LogP contribution in [0.1, 0.15) is 11.1 Å². The minimum atomic E-state index is -0.190. The highest BCUT2D eigenvalue weighted by molar-refractivity contribution is 6.42. The lowest BCUT2D eigenvalue weighted by Crippen LogP contribution is -2.45. The number of fused-ring (bicyclic) bond motifs is 1. The SMILES string of the molecule is CN1Cc2ccccc2CC1C(=O)Nc1ccc(Cl)c(Cl)c1. The van der Waals surface area contributed by atoms with E-state index in [1.54, 1.807) is 18.2 Å². The number of likely N-dealkylation sites (N-methyl/N-ethyl adjacent to an activating group) is 1. The Morgan fingerprint density at radius 2 is 1.86 bits per heavy atom. The number of carbonyl (C=O) groups excluding carboxylic acids is 1. The van der Waals surface area contributed by atoms with E-state index in [0.29, 0.717) is 22.2 Å². The van der Waals surface area contributed by atoms with Crippen molar-refractivity contribution in [3.63, 3.8) is 0 Å². The second-order valence-corrected chi connectivity index (χ2v) is 6.34. The summed E-state index contributed by atoms with van der Waals surface area (Å²) in [5.41, 5.74) is 3.17. The van der Waals surface area contributed by atoms with Gasteiger partial charge in [-0.3, -0.25) is 9.69 Å². The summed E-state index contributed by atoms with van der Waals surface area (Å²) in [7, 11) is 1.97. The molecule has 2 aromatic rings. The van der Waals surface area contributed by atoms with Gasteiger partial charge < -0.3 is 5.32 Å². The first-order chi connectivity index (χ1) is 10.5. The minimum Gasteiger partial charge on any atom is -0.325 e. The fourth-order valence-corrected chi connectivity index (χ4v) is 3.04.